The molecule has 0 heterocycles. The van der Waals surface area contributed by atoms with E-state index in [9.17, 15) is 4.79 Å². The highest BCUT2D eigenvalue weighted by Gasteiger charge is 2.03. The molecule has 3 rings (SSSR count). The number of allylic oxidation sites excluding steroid dienone is 2. The van der Waals surface area contributed by atoms with E-state index in [2.05, 4.69) is 21.1 Å². The van der Waals surface area contributed by atoms with Crippen LogP contribution < -0.4 is 10.9 Å². The summed E-state index contributed by atoms with van der Waals surface area (Å²) in [6.07, 6.45) is 10.7. The van der Waals surface area contributed by atoms with Crippen LogP contribution >= 0.6 is 0 Å². The van der Waals surface area contributed by atoms with Gasteiger partial charge in [0.15, 0.2) is 0 Å². The first-order valence-electron chi connectivity index (χ1n) is 10.2. The molecule has 10 heteroatoms. The van der Waals surface area contributed by atoms with E-state index >= 15 is 0 Å². The number of carbonyl (C=O) groups excluding carboxylic acids is 1. The van der Waals surface area contributed by atoms with Crippen molar-refractivity contribution in [2.45, 2.75) is 0 Å². The summed E-state index contributed by atoms with van der Waals surface area (Å²) >= 11 is 0. The summed E-state index contributed by atoms with van der Waals surface area (Å²) in [6.45, 7) is 0. The van der Waals surface area contributed by atoms with E-state index in [0.717, 1.165) is 16.8 Å². The average molecular weight is 493 g/mol. The molecule has 0 bridgehead atoms. The Kier molecular flexibility index (Phi) is 11.3. The van der Waals surface area contributed by atoms with E-state index in [4.69, 9.17) is 17.5 Å². The second-order valence-electron chi connectivity index (χ2n) is 6.67. The van der Waals surface area contributed by atoms with Gasteiger partial charge in [0.1, 0.15) is 0 Å². The Morgan fingerprint density at radius 2 is 1.17 bits per heavy atom. The third kappa shape index (κ3) is 13.0. The van der Waals surface area contributed by atoms with Crippen LogP contribution in [0.3, 0.4) is 0 Å². The van der Waals surface area contributed by atoms with Gasteiger partial charge in [-0.1, -0.05) is 72.8 Å². The molecule has 4 N–H and O–H groups in total. The molecule has 0 radical (unpaired) electrons. The minimum Gasteiger partial charge on any atom is -0.279 e. The lowest BCUT2D eigenvalue weighted by atomic mass is 10.2. The van der Waals surface area contributed by atoms with E-state index in [1.807, 2.05) is 78.9 Å². The summed E-state index contributed by atoms with van der Waals surface area (Å²) < 4.78 is 31.6. The molecule has 0 saturated heterocycles. The SMILES string of the molecule is O=C(N/N=C/C=C/c1ccccc1)c1ccc(N/N=C/C=C/c2ccccc2)cc1.O=S(=O)(O)O. The van der Waals surface area contributed by atoms with E-state index in [0.29, 0.717) is 5.56 Å². The molecule has 1 amide bonds. The van der Waals surface area contributed by atoms with E-state index in [1.165, 1.54) is 0 Å². The van der Waals surface area contributed by atoms with E-state index in [1.54, 1.807) is 42.8 Å². The van der Waals surface area contributed by atoms with Crippen molar-refractivity contribution in [3.8, 4) is 0 Å². The summed E-state index contributed by atoms with van der Waals surface area (Å²) in [5.41, 5.74) is 8.89. The van der Waals surface area contributed by atoms with Gasteiger partial charge in [-0.3, -0.25) is 19.3 Å². The molecule has 0 fully saturated rings. The van der Waals surface area contributed by atoms with E-state index in [-0.39, 0.29) is 5.91 Å². The summed E-state index contributed by atoms with van der Waals surface area (Å²) in [6, 6.07) is 26.8. The number of benzene rings is 3. The van der Waals surface area contributed by atoms with Gasteiger partial charge in [0.25, 0.3) is 5.91 Å². The summed E-state index contributed by atoms with van der Waals surface area (Å²) in [5.74, 6) is -0.278. The number of amides is 1. The molecular weight excluding hydrogens is 468 g/mol. The molecule has 3 aromatic carbocycles. The maximum atomic E-state index is 12.1. The fraction of sp³-hybridized carbons (Fsp3) is 0. The summed E-state index contributed by atoms with van der Waals surface area (Å²) in [4.78, 5) is 12.1. The second-order valence-corrected chi connectivity index (χ2v) is 7.57. The van der Waals surface area contributed by atoms with Crippen LogP contribution in [-0.4, -0.2) is 35.9 Å². The molecule has 0 aliphatic heterocycles. The van der Waals surface area contributed by atoms with Gasteiger partial charge >= 0.3 is 10.4 Å². The van der Waals surface area contributed by atoms with Gasteiger partial charge < -0.3 is 0 Å². The van der Waals surface area contributed by atoms with Crippen LogP contribution in [0.2, 0.25) is 0 Å². The Balaban J connectivity index is 0.000000784. The first-order chi connectivity index (χ1) is 16.8. The predicted octanol–water partition coefficient (Wildman–Crippen LogP) is 4.57. The third-order valence-corrected chi connectivity index (χ3v) is 4.00. The number of rotatable bonds is 8. The summed E-state index contributed by atoms with van der Waals surface area (Å²) in [7, 11) is -4.67. The van der Waals surface area contributed by atoms with Crippen LogP contribution in [0.1, 0.15) is 21.5 Å². The van der Waals surface area contributed by atoms with Gasteiger partial charge in [-0.15, -0.1) is 0 Å². The predicted molar refractivity (Wildman–Crippen MR) is 140 cm³/mol. The fourth-order valence-electron chi connectivity index (χ4n) is 2.49. The van der Waals surface area contributed by atoms with Crippen LogP contribution in [-0.2, 0) is 10.4 Å². The molecule has 0 saturated carbocycles. The fourth-order valence-corrected chi connectivity index (χ4v) is 2.49. The maximum Gasteiger partial charge on any atom is 0.394 e. The van der Waals surface area contributed by atoms with Gasteiger partial charge in [0.05, 0.1) is 5.69 Å². The lowest BCUT2D eigenvalue weighted by Gasteiger charge is -2.02. The maximum absolute atomic E-state index is 12.1. The number of nitrogens with zero attached hydrogens (tertiary/aromatic N) is 2. The molecule has 35 heavy (non-hydrogen) atoms. The molecule has 0 spiro atoms. The molecule has 0 atom stereocenters. The number of hydrogen-bond acceptors (Lipinski definition) is 6. The molecule has 0 aromatic heterocycles. The van der Waals surface area contributed by atoms with Crippen molar-refractivity contribution in [3.05, 3.63) is 114 Å². The van der Waals surface area contributed by atoms with Crippen molar-refractivity contribution in [2.24, 2.45) is 10.2 Å². The Morgan fingerprint density at radius 1 is 0.714 bits per heavy atom. The van der Waals surface area contributed by atoms with Crippen molar-refractivity contribution in [2.75, 3.05) is 5.43 Å². The Labute approximate surface area is 203 Å². The molecule has 0 aliphatic rings. The normalized spacial score (nSPS) is 11.6. The smallest absolute Gasteiger partial charge is 0.279 e. The van der Waals surface area contributed by atoms with Crippen LogP contribution in [0.5, 0.6) is 0 Å². The molecule has 180 valence electrons. The molecule has 0 unspecified atom stereocenters. The van der Waals surface area contributed by atoms with Crippen LogP contribution in [0.15, 0.2) is 107 Å². The monoisotopic (exact) mass is 492 g/mol. The number of carbonyl (C=O) groups is 1. The first-order valence-corrected chi connectivity index (χ1v) is 11.6. The largest absolute Gasteiger partial charge is 0.394 e. The highest BCUT2D eigenvalue weighted by atomic mass is 32.3. The highest BCUT2D eigenvalue weighted by Crippen LogP contribution is 2.09. The van der Waals surface area contributed by atoms with Crippen molar-refractivity contribution < 1.29 is 22.3 Å². The highest BCUT2D eigenvalue weighted by molar-refractivity contribution is 7.79. The molecular formula is C25H24N4O5S. The zero-order chi connectivity index (χ0) is 25.4. The van der Waals surface area contributed by atoms with Gasteiger partial charge in [-0.25, -0.2) is 5.43 Å². The number of hydrogen-bond donors (Lipinski definition) is 4. The van der Waals surface area contributed by atoms with Crippen molar-refractivity contribution in [1.29, 1.82) is 0 Å². The lowest BCUT2D eigenvalue weighted by Crippen LogP contribution is -2.17. The van der Waals surface area contributed by atoms with Gasteiger partial charge in [-0.05, 0) is 47.5 Å². The lowest BCUT2D eigenvalue weighted by molar-refractivity contribution is 0.0955. The minimum absolute atomic E-state index is 0.278. The first kappa shape index (κ1) is 26.9. The van der Waals surface area contributed by atoms with E-state index < -0.39 is 10.4 Å². The van der Waals surface area contributed by atoms with Gasteiger partial charge in [0.2, 0.25) is 0 Å². The van der Waals surface area contributed by atoms with Crippen LogP contribution in [0.4, 0.5) is 5.69 Å². The molecule has 0 aliphatic carbocycles. The summed E-state index contributed by atoms with van der Waals surface area (Å²) in [5, 5.41) is 8.05. The number of anilines is 1. The quantitative estimate of drug-likeness (QED) is 0.206. The molecule has 3 aromatic rings. The van der Waals surface area contributed by atoms with Gasteiger partial charge in [-0.2, -0.15) is 18.6 Å². The zero-order valence-corrected chi connectivity index (χ0v) is 19.3. The van der Waals surface area contributed by atoms with Crippen LogP contribution in [0.25, 0.3) is 12.2 Å². The minimum atomic E-state index is -4.67. The van der Waals surface area contributed by atoms with Gasteiger partial charge in [0, 0.05) is 18.0 Å². The Hall–Kier alpha value is -4.38. The van der Waals surface area contributed by atoms with Crippen molar-refractivity contribution >= 4 is 46.6 Å². The topological polar surface area (TPSA) is 140 Å². The zero-order valence-electron chi connectivity index (χ0n) is 18.5. The van der Waals surface area contributed by atoms with Crippen LogP contribution in [0, 0.1) is 0 Å². The molecule has 9 nitrogen and oxygen atoms in total. The number of nitrogens with one attached hydrogen (secondary N) is 2. The average Bonchev–Trinajstić information content (AvgIpc) is 2.84. The third-order valence-electron chi connectivity index (χ3n) is 4.00. The second kappa shape index (κ2) is 14.7. The standard InChI is InChI=1S/C25H22N4O.H2O4S/c30-25(29-27-20-8-14-22-11-5-2-6-12-22)23-15-17-24(18-16-23)28-26-19-7-13-21-9-3-1-4-10-21;1-5(2,3)4/h1-20,28H,(H,29,30);(H2,1,2,3,4)/b13-7+,14-8+,26-19+,27-20+;. The van der Waals surface area contributed by atoms with Crippen molar-refractivity contribution in [3.63, 3.8) is 0 Å². The van der Waals surface area contributed by atoms with Crippen molar-refractivity contribution in [1.82, 2.24) is 5.43 Å². The Morgan fingerprint density at radius 3 is 1.66 bits per heavy atom. The number of hydrazone groups is 2. The Bertz CT molecular complexity index is 1260.